The number of hydrogen-bond acceptors (Lipinski definition) is 4. The maximum absolute atomic E-state index is 12.3. The maximum atomic E-state index is 12.3. The van der Waals surface area contributed by atoms with Crippen LogP contribution in [-0.4, -0.2) is 18.6 Å². The van der Waals surface area contributed by atoms with Crippen LogP contribution >= 0.6 is 0 Å². The Bertz CT molecular complexity index is 711. The fraction of sp³-hybridized carbons (Fsp3) is 0.381. The highest BCUT2D eigenvalue weighted by molar-refractivity contribution is 5.97. The molecule has 3 N–H and O–H groups in total. The van der Waals surface area contributed by atoms with Crippen LogP contribution in [0.4, 0.5) is 5.69 Å². The van der Waals surface area contributed by atoms with Gasteiger partial charge >= 0.3 is 0 Å². The Labute approximate surface area is 155 Å². The summed E-state index contributed by atoms with van der Waals surface area (Å²) >= 11 is 0. The fourth-order valence-corrected chi connectivity index (χ4v) is 2.65. The molecule has 0 aromatic heterocycles. The predicted octanol–water partition coefficient (Wildman–Crippen LogP) is 3.87. The van der Waals surface area contributed by atoms with Crippen molar-refractivity contribution in [3.8, 4) is 5.75 Å². The zero-order valence-corrected chi connectivity index (χ0v) is 15.7. The molecule has 0 aliphatic heterocycles. The third-order valence-electron chi connectivity index (χ3n) is 4.17. The lowest BCUT2D eigenvalue weighted by Crippen LogP contribution is -2.48. The molecule has 1 amide bonds. The van der Waals surface area contributed by atoms with E-state index in [1.54, 1.807) is 14.0 Å². The Morgan fingerprint density at radius 1 is 1.12 bits per heavy atom. The van der Waals surface area contributed by atoms with Crippen molar-refractivity contribution in [3.63, 3.8) is 0 Å². The Balaban J connectivity index is 1.89. The molecule has 0 radical (unpaired) electrons. The van der Waals surface area contributed by atoms with Gasteiger partial charge in [-0.2, -0.15) is 0 Å². The standard InChI is InChI=1S/C21H28N2O3/c1-4-12-21(2,22)20(24)23-18-7-5-6-17(13-18)15-26-14-16-8-10-19(25-3)11-9-16/h5-11,13H,4,12,14-15,22H2,1-3H3,(H,23,24). The second-order valence-electron chi connectivity index (χ2n) is 6.66. The maximum Gasteiger partial charge on any atom is 0.244 e. The first-order valence-electron chi connectivity index (χ1n) is 8.84. The van der Waals surface area contributed by atoms with Crippen LogP contribution in [0.15, 0.2) is 48.5 Å². The van der Waals surface area contributed by atoms with E-state index in [1.807, 2.05) is 55.5 Å². The summed E-state index contributed by atoms with van der Waals surface area (Å²) in [4.78, 5) is 12.3. The number of nitrogens with two attached hydrogens (primary N) is 1. The highest BCUT2D eigenvalue weighted by atomic mass is 16.5. The van der Waals surface area contributed by atoms with Gasteiger partial charge in [0, 0.05) is 5.69 Å². The van der Waals surface area contributed by atoms with Gasteiger partial charge in [0.05, 0.1) is 25.9 Å². The number of methoxy groups -OCH3 is 1. The van der Waals surface area contributed by atoms with Crippen LogP contribution in [0.1, 0.15) is 37.8 Å². The van der Waals surface area contributed by atoms with Crippen molar-refractivity contribution in [2.45, 2.75) is 45.4 Å². The van der Waals surface area contributed by atoms with E-state index in [2.05, 4.69) is 5.32 Å². The van der Waals surface area contributed by atoms with Gasteiger partial charge < -0.3 is 20.5 Å². The topological polar surface area (TPSA) is 73.6 Å². The molecule has 0 saturated carbocycles. The van der Waals surface area contributed by atoms with Crippen molar-refractivity contribution in [1.82, 2.24) is 0 Å². The van der Waals surface area contributed by atoms with E-state index in [9.17, 15) is 4.79 Å². The number of rotatable bonds is 9. The molecule has 2 aromatic carbocycles. The Hall–Kier alpha value is -2.37. The van der Waals surface area contributed by atoms with Crippen LogP contribution in [0.5, 0.6) is 5.75 Å². The van der Waals surface area contributed by atoms with E-state index in [-0.39, 0.29) is 5.91 Å². The third kappa shape index (κ3) is 5.86. The smallest absolute Gasteiger partial charge is 0.244 e. The number of anilines is 1. The van der Waals surface area contributed by atoms with E-state index < -0.39 is 5.54 Å². The molecular weight excluding hydrogens is 328 g/mol. The summed E-state index contributed by atoms with van der Waals surface area (Å²) in [6, 6.07) is 15.4. The summed E-state index contributed by atoms with van der Waals surface area (Å²) in [6.45, 7) is 4.75. The number of ether oxygens (including phenoxy) is 2. The first-order chi connectivity index (χ1) is 12.4. The lowest BCUT2D eigenvalue weighted by Gasteiger charge is -2.23. The number of carbonyl (C=O) groups is 1. The van der Waals surface area contributed by atoms with Gasteiger partial charge in [-0.1, -0.05) is 37.6 Å². The SMILES string of the molecule is CCCC(C)(N)C(=O)Nc1cccc(COCc2ccc(OC)cc2)c1. The van der Waals surface area contributed by atoms with Crippen LogP contribution < -0.4 is 15.8 Å². The van der Waals surface area contributed by atoms with Gasteiger partial charge in [-0.05, 0) is 48.7 Å². The summed E-state index contributed by atoms with van der Waals surface area (Å²) in [6.07, 6.45) is 1.50. The molecule has 0 heterocycles. The largest absolute Gasteiger partial charge is 0.497 e. The van der Waals surface area contributed by atoms with E-state index in [0.29, 0.717) is 19.6 Å². The average molecular weight is 356 g/mol. The molecule has 2 aromatic rings. The average Bonchev–Trinajstić information content (AvgIpc) is 2.62. The van der Waals surface area contributed by atoms with Gasteiger partial charge in [0.15, 0.2) is 0 Å². The van der Waals surface area contributed by atoms with Crippen LogP contribution in [0.2, 0.25) is 0 Å². The van der Waals surface area contributed by atoms with E-state index in [1.165, 1.54) is 0 Å². The number of nitrogens with one attached hydrogen (secondary N) is 1. The molecule has 0 aliphatic rings. The molecule has 140 valence electrons. The lowest BCUT2D eigenvalue weighted by molar-refractivity contribution is -0.120. The first-order valence-corrected chi connectivity index (χ1v) is 8.84. The minimum Gasteiger partial charge on any atom is -0.497 e. The lowest BCUT2D eigenvalue weighted by atomic mass is 9.96. The second kappa shape index (κ2) is 9.36. The molecule has 2 rings (SSSR count). The molecule has 1 unspecified atom stereocenters. The van der Waals surface area contributed by atoms with Crippen molar-refractivity contribution < 1.29 is 14.3 Å². The van der Waals surface area contributed by atoms with Crippen molar-refractivity contribution in [2.24, 2.45) is 5.73 Å². The van der Waals surface area contributed by atoms with Crippen molar-refractivity contribution in [1.29, 1.82) is 0 Å². The van der Waals surface area contributed by atoms with Crippen LogP contribution in [-0.2, 0) is 22.7 Å². The molecule has 1 atom stereocenters. The highest BCUT2D eigenvalue weighted by Gasteiger charge is 2.27. The summed E-state index contributed by atoms with van der Waals surface area (Å²) in [7, 11) is 1.65. The fourth-order valence-electron chi connectivity index (χ4n) is 2.65. The van der Waals surface area contributed by atoms with Crippen LogP contribution in [0.3, 0.4) is 0 Å². The molecule has 5 nitrogen and oxygen atoms in total. The molecule has 0 bridgehead atoms. The third-order valence-corrected chi connectivity index (χ3v) is 4.17. The molecule has 5 heteroatoms. The van der Waals surface area contributed by atoms with Crippen molar-refractivity contribution in [3.05, 3.63) is 59.7 Å². The predicted molar refractivity (Wildman–Crippen MR) is 104 cm³/mol. The van der Waals surface area contributed by atoms with Crippen LogP contribution in [0.25, 0.3) is 0 Å². The molecule has 0 aliphatic carbocycles. The minimum absolute atomic E-state index is 0.171. The molecule has 0 saturated heterocycles. The van der Waals surface area contributed by atoms with Crippen LogP contribution in [0, 0.1) is 0 Å². The molecule has 0 spiro atoms. The molecule has 26 heavy (non-hydrogen) atoms. The van der Waals surface area contributed by atoms with Crippen molar-refractivity contribution >= 4 is 11.6 Å². The Kier molecular flexibility index (Phi) is 7.18. The monoisotopic (exact) mass is 356 g/mol. The van der Waals surface area contributed by atoms with Gasteiger partial charge in [-0.25, -0.2) is 0 Å². The van der Waals surface area contributed by atoms with Gasteiger partial charge in [0.25, 0.3) is 0 Å². The van der Waals surface area contributed by atoms with Crippen molar-refractivity contribution in [2.75, 3.05) is 12.4 Å². The summed E-state index contributed by atoms with van der Waals surface area (Å²) in [5.41, 5.74) is 8.01. The summed E-state index contributed by atoms with van der Waals surface area (Å²) in [5.74, 6) is 0.655. The molecular formula is C21H28N2O3. The minimum atomic E-state index is -0.865. The summed E-state index contributed by atoms with van der Waals surface area (Å²) in [5, 5.41) is 2.89. The number of hydrogen-bond donors (Lipinski definition) is 2. The van der Waals surface area contributed by atoms with E-state index in [4.69, 9.17) is 15.2 Å². The normalized spacial score (nSPS) is 13.1. The Morgan fingerprint density at radius 2 is 1.81 bits per heavy atom. The van der Waals surface area contributed by atoms with Gasteiger partial charge in [-0.15, -0.1) is 0 Å². The van der Waals surface area contributed by atoms with E-state index >= 15 is 0 Å². The number of amides is 1. The number of carbonyl (C=O) groups excluding carboxylic acids is 1. The quantitative estimate of drug-likeness (QED) is 0.715. The zero-order chi connectivity index (χ0) is 19.0. The second-order valence-corrected chi connectivity index (χ2v) is 6.66. The van der Waals surface area contributed by atoms with Gasteiger partial charge in [-0.3, -0.25) is 4.79 Å². The van der Waals surface area contributed by atoms with Gasteiger partial charge in [0.2, 0.25) is 5.91 Å². The molecule has 0 fully saturated rings. The Morgan fingerprint density at radius 3 is 2.46 bits per heavy atom. The zero-order valence-electron chi connectivity index (χ0n) is 15.7. The van der Waals surface area contributed by atoms with Gasteiger partial charge in [0.1, 0.15) is 5.75 Å². The first kappa shape index (κ1) is 19.9. The van der Waals surface area contributed by atoms with E-state index in [0.717, 1.165) is 29.0 Å². The number of benzene rings is 2. The highest BCUT2D eigenvalue weighted by Crippen LogP contribution is 2.17. The summed E-state index contributed by atoms with van der Waals surface area (Å²) < 4.78 is 10.9.